The molecule has 1 amide bonds. The smallest absolute Gasteiger partial charge is 0.254 e. The quantitative estimate of drug-likeness (QED) is 0.301. The fourth-order valence-corrected chi connectivity index (χ4v) is 5.90. The molecule has 0 aromatic heterocycles. The molecular weight excluding hydrogens is 532 g/mol. The Hall–Kier alpha value is -4.72. The number of carbonyl (C=O) groups excluding carboxylic acids is 2. The molecule has 0 spiro atoms. The SMILES string of the molecule is CCOc1cc([C@@H]2C(C(=O)Nc3ccccc3C)=C(C)NC3=C2C(=O)C[C@@H](c2ccc(OC)c(OC)c2)C3)ccc1O. The van der Waals surface area contributed by atoms with Crippen LogP contribution in [0, 0.1) is 6.92 Å². The van der Waals surface area contributed by atoms with Crippen LogP contribution in [0.5, 0.6) is 23.0 Å². The van der Waals surface area contributed by atoms with Gasteiger partial charge in [0.1, 0.15) is 0 Å². The number of amides is 1. The van der Waals surface area contributed by atoms with E-state index < -0.39 is 5.92 Å². The molecule has 8 heteroatoms. The molecule has 0 radical (unpaired) electrons. The fourth-order valence-electron chi connectivity index (χ4n) is 5.90. The Morgan fingerprint density at radius 1 is 0.952 bits per heavy atom. The number of anilines is 1. The molecule has 1 heterocycles. The van der Waals surface area contributed by atoms with Crippen LogP contribution in [-0.4, -0.2) is 37.6 Å². The van der Waals surface area contributed by atoms with E-state index in [1.165, 1.54) is 0 Å². The molecule has 3 N–H and O–H groups in total. The summed E-state index contributed by atoms with van der Waals surface area (Å²) >= 11 is 0. The average molecular weight is 569 g/mol. The first-order valence-corrected chi connectivity index (χ1v) is 14.0. The van der Waals surface area contributed by atoms with Gasteiger partial charge in [-0.05, 0) is 80.1 Å². The van der Waals surface area contributed by atoms with Gasteiger partial charge in [-0.2, -0.15) is 0 Å². The van der Waals surface area contributed by atoms with Gasteiger partial charge in [-0.25, -0.2) is 0 Å². The van der Waals surface area contributed by atoms with Crippen molar-refractivity contribution in [1.29, 1.82) is 0 Å². The standard InChI is InChI=1S/C34H36N2O6/c1-6-42-29-18-22(11-13-26(29)37)32-31(34(39)36-24-10-8-7-9-19(24)2)20(3)35-25-15-23(16-27(38)33(25)32)21-12-14-28(40-4)30(17-21)41-5/h7-14,17-18,23,32,35,37H,6,15-16H2,1-5H3,(H,36,39)/t23-,32+/m0/s1. The number of aromatic hydroxyl groups is 1. The molecule has 0 bridgehead atoms. The highest BCUT2D eigenvalue weighted by Gasteiger charge is 2.41. The Labute approximate surface area is 246 Å². The van der Waals surface area contributed by atoms with Gasteiger partial charge in [-0.3, -0.25) is 9.59 Å². The number of phenols is 1. The third-order valence-electron chi connectivity index (χ3n) is 7.96. The molecule has 3 aromatic carbocycles. The Balaban J connectivity index is 1.58. The molecule has 0 saturated heterocycles. The molecule has 8 nitrogen and oxygen atoms in total. The summed E-state index contributed by atoms with van der Waals surface area (Å²) < 4.78 is 16.6. The molecule has 42 heavy (non-hydrogen) atoms. The van der Waals surface area contributed by atoms with Crippen molar-refractivity contribution in [3.05, 3.63) is 99.9 Å². The van der Waals surface area contributed by atoms with Crippen LogP contribution in [0.1, 0.15) is 55.2 Å². The number of ether oxygens (including phenoxy) is 3. The molecule has 0 saturated carbocycles. The van der Waals surface area contributed by atoms with E-state index in [0.29, 0.717) is 58.4 Å². The highest BCUT2D eigenvalue weighted by Crippen LogP contribution is 2.47. The van der Waals surface area contributed by atoms with E-state index in [-0.39, 0.29) is 29.8 Å². The van der Waals surface area contributed by atoms with Crippen molar-refractivity contribution in [2.45, 2.75) is 45.4 Å². The van der Waals surface area contributed by atoms with Gasteiger partial charge in [0.25, 0.3) is 5.91 Å². The number of allylic oxidation sites excluding steroid dienone is 3. The molecule has 1 aliphatic heterocycles. The fraction of sp³-hybridized carbons (Fsp3) is 0.294. The number of aryl methyl sites for hydroxylation is 1. The lowest BCUT2D eigenvalue weighted by atomic mass is 9.71. The second kappa shape index (κ2) is 12.0. The number of ketones is 1. The maximum absolute atomic E-state index is 14.0. The van der Waals surface area contributed by atoms with Crippen LogP contribution in [0.2, 0.25) is 0 Å². The summed E-state index contributed by atoms with van der Waals surface area (Å²) in [5, 5.41) is 16.9. The molecule has 1 aliphatic carbocycles. The second-order valence-corrected chi connectivity index (χ2v) is 10.6. The summed E-state index contributed by atoms with van der Waals surface area (Å²) in [5.41, 5.74) is 5.74. The van der Waals surface area contributed by atoms with Crippen molar-refractivity contribution in [3.63, 3.8) is 0 Å². The minimum Gasteiger partial charge on any atom is -0.504 e. The molecule has 0 fully saturated rings. The van der Waals surface area contributed by atoms with Gasteiger partial charge in [0.15, 0.2) is 28.8 Å². The first-order chi connectivity index (χ1) is 20.2. The van der Waals surface area contributed by atoms with E-state index >= 15 is 0 Å². The lowest BCUT2D eigenvalue weighted by Crippen LogP contribution is -2.37. The number of methoxy groups -OCH3 is 2. The lowest BCUT2D eigenvalue weighted by molar-refractivity contribution is -0.116. The maximum Gasteiger partial charge on any atom is 0.254 e. The van der Waals surface area contributed by atoms with E-state index in [4.69, 9.17) is 14.2 Å². The summed E-state index contributed by atoms with van der Waals surface area (Å²) in [6.45, 7) is 5.99. The van der Waals surface area contributed by atoms with Crippen LogP contribution in [0.4, 0.5) is 5.69 Å². The third kappa shape index (κ3) is 5.44. The number of carbonyl (C=O) groups is 2. The number of phenolic OH excluding ortho intramolecular Hbond substituents is 1. The van der Waals surface area contributed by atoms with Crippen molar-refractivity contribution >= 4 is 17.4 Å². The number of dihydropyridines is 1. The summed E-state index contributed by atoms with van der Waals surface area (Å²) in [5.74, 6) is 0.453. The van der Waals surface area contributed by atoms with Crippen LogP contribution < -0.4 is 24.8 Å². The van der Waals surface area contributed by atoms with Crippen molar-refractivity contribution in [2.24, 2.45) is 0 Å². The Kier molecular flexibility index (Phi) is 8.24. The summed E-state index contributed by atoms with van der Waals surface area (Å²) in [7, 11) is 3.18. The zero-order chi connectivity index (χ0) is 30.0. The van der Waals surface area contributed by atoms with Crippen molar-refractivity contribution < 1.29 is 28.9 Å². The van der Waals surface area contributed by atoms with Crippen molar-refractivity contribution in [3.8, 4) is 23.0 Å². The molecular formula is C34H36N2O6. The monoisotopic (exact) mass is 568 g/mol. The number of Topliss-reactive ketones (excluding diaryl/α,β-unsaturated/α-hetero) is 1. The molecule has 0 unspecified atom stereocenters. The Morgan fingerprint density at radius 2 is 1.67 bits per heavy atom. The predicted molar refractivity (Wildman–Crippen MR) is 161 cm³/mol. The lowest BCUT2D eigenvalue weighted by Gasteiger charge is -2.37. The van der Waals surface area contributed by atoms with Crippen LogP contribution in [0.3, 0.4) is 0 Å². The van der Waals surface area contributed by atoms with Gasteiger partial charge < -0.3 is 30.0 Å². The molecule has 3 aromatic rings. The highest BCUT2D eigenvalue weighted by molar-refractivity contribution is 6.10. The van der Waals surface area contributed by atoms with E-state index in [1.54, 1.807) is 32.4 Å². The third-order valence-corrected chi connectivity index (χ3v) is 7.96. The number of rotatable bonds is 8. The minimum atomic E-state index is -0.649. The second-order valence-electron chi connectivity index (χ2n) is 10.6. The molecule has 2 atom stereocenters. The normalized spacial score (nSPS) is 18.3. The first kappa shape index (κ1) is 28.8. The molecule has 2 aliphatic rings. The minimum absolute atomic E-state index is 0.00108. The van der Waals surface area contributed by atoms with E-state index in [9.17, 15) is 14.7 Å². The van der Waals surface area contributed by atoms with Gasteiger partial charge in [0.2, 0.25) is 0 Å². The van der Waals surface area contributed by atoms with Gasteiger partial charge in [-0.1, -0.05) is 30.3 Å². The topological polar surface area (TPSA) is 106 Å². The van der Waals surface area contributed by atoms with Gasteiger partial charge in [0.05, 0.1) is 20.8 Å². The Bertz CT molecular complexity index is 1610. The van der Waals surface area contributed by atoms with E-state index in [0.717, 1.165) is 16.8 Å². The predicted octanol–water partition coefficient (Wildman–Crippen LogP) is 6.12. The highest BCUT2D eigenvalue weighted by atomic mass is 16.5. The zero-order valence-electron chi connectivity index (χ0n) is 24.5. The van der Waals surface area contributed by atoms with Crippen LogP contribution >= 0.6 is 0 Å². The van der Waals surface area contributed by atoms with Crippen LogP contribution in [0.25, 0.3) is 0 Å². The van der Waals surface area contributed by atoms with Crippen molar-refractivity contribution in [2.75, 3.05) is 26.1 Å². The number of para-hydroxylation sites is 1. The number of nitrogens with one attached hydrogen (secondary N) is 2. The van der Waals surface area contributed by atoms with Gasteiger partial charge in [-0.15, -0.1) is 0 Å². The average Bonchev–Trinajstić information content (AvgIpc) is 2.98. The summed E-state index contributed by atoms with van der Waals surface area (Å²) in [4.78, 5) is 28.0. The van der Waals surface area contributed by atoms with Crippen LogP contribution in [-0.2, 0) is 9.59 Å². The zero-order valence-corrected chi connectivity index (χ0v) is 24.5. The first-order valence-electron chi connectivity index (χ1n) is 14.0. The maximum atomic E-state index is 14.0. The van der Waals surface area contributed by atoms with Gasteiger partial charge >= 0.3 is 0 Å². The van der Waals surface area contributed by atoms with Crippen LogP contribution in [0.15, 0.2) is 83.2 Å². The largest absolute Gasteiger partial charge is 0.504 e. The number of benzene rings is 3. The molecule has 5 rings (SSSR count). The van der Waals surface area contributed by atoms with Crippen molar-refractivity contribution in [1.82, 2.24) is 5.32 Å². The molecule has 218 valence electrons. The van der Waals surface area contributed by atoms with E-state index in [1.807, 2.05) is 63.2 Å². The van der Waals surface area contributed by atoms with E-state index in [2.05, 4.69) is 10.6 Å². The summed E-state index contributed by atoms with van der Waals surface area (Å²) in [6.07, 6.45) is 0.849. The summed E-state index contributed by atoms with van der Waals surface area (Å²) in [6, 6.07) is 18.3. The number of hydrogen-bond donors (Lipinski definition) is 3. The Morgan fingerprint density at radius 3 is 2.38 bits per heavy atom. The number of hydrogen-bond acceptors (Lipinski definition) is 7. The van der Waals surface area contributed by atoms with Gasteiger partial charge in [0, 0.05) is 40.6 Å².